The second-order valence-corrected chi connectivity index (χ2v) is 14.1. The Morgan fingerprint density at radius 3 is 1.80 bits per heavy atom. The minimum Gasteiger partial charge on any atom is -0.208 e. The summed E-state index contributed by atoms with van der Waals surface area (Å²) in [6, 6.07) is 58.6. The number of hydrogen-bond donors (Lipinski definition) is 0. The molecule has 0 radical (unpaired) electrons. The minimum absolute atomic E-state index is 0.535. The summed E-state index contributed by atoms with van der Waals surface area (Å²) in [4.78, 5) is 17.2. The van der Waals surface area contributed by atoms with E-state index in [1.165, 1.54) is 53.9 Å². The number of aromatic nitrogens is 3. The molecular weight excluding hydrogens is 627 g/mol. The van der Waals surface area contributed by atoms with Crippen LogP contribution in [0.15, 0.2) is 164 Å². The number of fused-ring (bicyclic) bond motifs is 13. The van der Waals surface area contributed by atoms with E-state index in [1.807, 2.05) is 29.5 Å². The molecule has 2 heterocycles. The van der Waals surface area contributed by atoms with E-state index >= 15 is 0 Å². The van der Waals surface area contributed by atoms with Crippen LogP contribution in [0.4, 0.5) is 0 Å². The lowest BCUT2D eigenvalue weighted by Crippen LogP contribution is -2.27. The molecule has 11 rings (SSSR count). The SMILES string of the molecule is c1ccc(-c2nc(-c3cccc4c3C3(c5ccccc5-4)c4ccccc4-c4sc5ccccc5c43)nc(-c3cccc4ccccc34)n2)cc1. The van der Waals surface area contributed by atoms with Gasteiger partial charge in [-0.05, 0) is 61.2 Å². The molecule has 7 aromatic carbocycles. The van der Waals surface area contributed by atoms with Crippen LogP contribution in [0.3, 0.4) is 0 Å². The zero-order valence-electron chi connectivity index (χ0n) is 26.8. The van der Waals surface area contributed by atoms with Gasteiger partial charge in [0.2, 0.25) is 0 Å². The quantitative estimate of drug-likeness (QED) is 0.190. The van der Waals surface area contributed by atoms with Gasteiger partial charge in [-0.25, -0.2) is 15.0 Å². The van der Waals surface area contributed by atoms with Crippen molar-refractivity contribution in [3.8, 4) is 55.7 Å². The standard InChI is InChI=1S/C46H27N3S/c1-2-15-29(16-3-1)43-47-44(33-23-12-17-28-14-4-5-18-30(28)33)49-45(48-43)36-24-13-22-32-31-19-6-9-25-37(31)46(40(32)36)38-26-10-7-20-34(38)42-41(46)35-21-8-11-27-39(35)50-42/h1-27H. The molecule has 232 valence electrons. The third kappa shape index (κ3) is 3.66. The Morgan fingerprint density at radius 1 is 0.380 bits per heavy atom. The maximum Gasteiger partial charge on any atom is 0.164 e. The second kappa shape index (κ2) is 10.4. The van der Waals surface area contributed by atoms with Crippen LogP contribution in [0.1, 0.15) is 22.3 Å². The van der Waals surface area contributed by atoms with E-state index in [4.69, 9.17) is 15.0 Å². The molecule has 2 aromatic heterocycles. The lowest BCUT2D eigenvalue weighted by atomic mass is 9.68. The molecule has 9 aromatic rings. The Bertz CT molecular complexity index is 2830. The van der Waals surface area contributed by atoms with Gasteiger partial charge in [0.15, 0.2) is 17.5 Å². The first-order chi connectivity index (χ1) is 24.8. The largest absolute Gasteiger partial charge is 0.208 e. The van der Waals surface area contributed by atoms with Gasteiger partial charge in [-0.15, -0.1) is 11.3 Å². The van der Waals surface area contributed by atoms with Crippen LogP contribution in [0.5, 0.6) is 0 Å². The molecule has 2 aliphatic rings. The van der Waals surface area contributed by atoms with Gasteiger partial charge in [0, 0.05) is 26.3 Å². The number of hydrogen-bond acceptors (Lipinski definition) is 4. The fraction of sp³-hybridized carbons (Fsp3) is 0.0217. The molecule has 0 fully saturated rings. The molecule has 1 spiro atoms. The first kappa shape index (κ1) is 27.7. The monoisotopic (exact) mass is 653 g/mol. The van der Waals surface area contributed by atoms with Crippen LogP contribution in [-0.4, -0.2) is 15.0 Å². The summed E-state index contributed by atoms with van der Waals surface area (Å²) in [5.41, 5.74) is 11.5. The van der Waals surface area contributed by atoms with Gasteiger partial charge in [0.1, 0.15) is 0 Å². The smallest absolute Gasteiger partial charge is 0.164 e. The molecule has 4 heteroatoms. The zero-order chi connectivity index (χ0) is 32.8. The van der Waals surface area contributed by atoms with Crippen molar-refractivity contribution in [2.75, 3.05) is 0 Å². The summed E-state index contributed by atoms with van der Waals surface area (Å²) in [5, 5.41) is 3.58. The lowest BCUT2D eigenvalue weighted by molar-refractivity contribution is 0.802. The maximum atomic E-state index is 5.39. The maximum absolute atomic E-state index is 5.39. The van der Waals surface area contributed by atoms with Gasteiger partial charge >= 0.3 is 0 Å². The van der Waals surface area contributed by atoms with Crippen LogP contribution in [0, 0.1) is 0 Å². The topological polar surface area (TPSA) is 38.7 Å². The third-order valence-electron chi connectivity index (χ3n) is 10.5. The van der Waals surface area contributed by atoms with Crippen LogP contribution >= 0.6 is 11.3 Å². The normalized spacial score (nSPS) is 15.3. The Balaban J connectivity index is 1.27. The first-order valence-electron chi connectivity index (χ1n) is 17.0. The average molecular weight is 654 g/mol. The summed E-state index contributed by atoms with van der Waals surface area (Å²) in [6.45, 7) is 0. The summed E-state index contributed by atoms with van der Waals surface area (Å²) >= 11 is 1.90. The number of benzene rings is 7. The highest BCUT2D eigenvalue weighted by molar-refractivity contribution is 7.22. The van der Waals surface area contributed by atoms with Crippen molar-refractivity contribution >= 4 is 32.2 Å². The molecule has 2 aliphatic carbocycles. The van der Waals surface area contributed by atoms with E-state index in [2.05, 4.69) is 146 Å². The Labute approximate surface area is 293 Å². The predicted octanol–water partition coefficient (Wildman–Crippen LogP) is 11.6. The molecule has 0 saturated heterocycles. The Kier molecular flexibility index (Phi) is 5.75. The fourth-order valence-electron chi connectivity index (χ4n) is 8.59. The Hall–Kier alpha value is -6.23. The summed E-state index contributed by atoms with van der Waals surface area (Å²) in [7, 11) is 0. The molecular formula is C46H27N3S. The number of thiophene rings is 1. The highest BCUT2D eigenvalue weighted by atomic mass is 32.1. The van der Waals surface area contributed by atoms with Crippen LogP contribution in [-0.2, 0) is 5.41 Å². The van der Waals surface area contributed by atoms with Gasteiger partial charge in [-0.3, -0.25) is 0 Å². The van der Waals surface area contributed by atoms with Gasteiger partial charge in [0.05, 0.1) is 5.41 Å². The lowest BCUT2D eigenvalue weighted by Gasteiger charge is -2.32. The van der Waals surface area contributed by atoms with Gasteiger partial charge < -0.3 is 0 Å². The van der Waals surface area contributed by atoms with E-state index < -0.39 is 5.41 Å². The molecule has 1 atom stereocenters. The second-order valence-electron chi connectivity index (χ2n) is 13.1. The van der Waals surface area contributed by atoms with Gasteiger partial charge in [0.25, 0.3) is 0 Å². The van der Waals surface area contributed by atoms with Crippen molar-refractivity contribution in [2.45, 2.75) is 5.41 Å². The zero-order valence-corrected chi connectivity index (χ0v) is 27.7. The molecule has 3 nitrogen and oxygen atoms in total. The molecule has 0 saturated carbocycles. The summed E-state index contributed by atoms with van der Waals surface area (Å²) < 4.78 is 1.31. The van der Waals surface area contributed by atoms with E-state index in [9.17, 15) is 0 Å². The van der Waals surface area contributed by atoms with Crippen molar-refractivity contribution in [3.05, 3.63) is 186 Å². The molecule has 1 unspecified atom stereocenters. The van der Waals surface area contributed by atoms with Crippen molar-refractivity contribution in [3.63, 3.8) is 0 Å². The summed E-state index contributed by atoms with van der Waals surface area (Å²) in [5.74, 6) is 2.01. The molecule has 50 heavy (non-hydrogen) atoms. The van der Waals surface area contributed by atoms with Crippen molar-refractivity contribution in [2.24, 2.45) is 0 Å². The predicted molar refractivity (Wildman–Crippen MR) is 205 cm³/mol. The van der Waals surface area contributed by atoms with Crippen LogP contribution < -0.4 is 0 Å². The molecule has 0 aliphatic heterocycles. The van der Waals surface area contributed by atoms with E-state index in [0.717, 1.165) is 27.5 Å². The fourth-order valence-corrected chi connectivity index (χ4v) is 9.89. The molecule has 0 bridgehead atoms. The molecule has 0 N–H and O–H groups in total. The number of nitrogens with zero attached hydrogens (tertiary/aromatic N) is 3. The van der Waals surface area contributed by atoms with Gasteiger partial charge in [-0.2, -0.15) is 0 Å². The summed E-state index contributed by atoms with van der Waals surface area (Å²) in [6.07, 6.45) is 0. The van der Waals surface area contributed by atoms with Crippen LogP contribution in [0.2, 0.25) is 0 Å². The third-order valence-corrected chi connectivity index (χ3v) is 11.7. The first-order valence-corrected chi connectivity index (χ1v) is 17.8. The van der Waals surface area contributed by atoms with E-state index in [1.54, 1.807) is 0 Å². The van der Waals surface area contributed by atoms with E-state index in [0.29, 0.717) is 17.5 Å². The van der Waals surface area contributed by atoms with Crippen molar-refractivity contribution in [1.29, 1.82) is 0 Å². The molecule has 0 amide bonds. The highest BCUT2D eigenvalue weighted by Crippen LogP contribution is 2.67. The van der Waals surface area contributed by atoms with E-state index in [-0.39, 0.29) is 0 Å². The number of rotatable bonds is 3. The average Bonchev–Trinajstić information content (AvgIpc) is 3.81. The van der Waals surface area contributed by atoms with Crippen molar-refractivity contribution in [1.82, 2.24) is 15.0 Å². The Morgan fingerprint density at radius 2 is 0.940 bits per heavy atom. The van der Waals surface area contributed by atoms with Crippen LogP contribution in [0.25, 0.3) is 76.6 Å². The minimum atomic E-state index is -0.535. The van der Waals surface area contributed by atoms with Crippen molar-refractivity contribution < 1.29 is 0 Å². The van der Waals surface area contributed by atoms with Gasteiger partial charge in [-0.1, -0.05) is 158 Å². The highest BCUT2D eigenvalue weighted by Gasteiger charge is 2.54.